The highest BCUT2D eigenvalue weighted by atomic mass is 16.6. The zero-order valence-electron chi connectivity index (χ0n) is 8.77. The molecule has 0 radical (unpaired) electrons. The number of methoxy groups -OCH3 is 1. The zero-order valence-corrected chi connectivity index (χ0v) is 8.77. The van der Waals surface area contributed by atoms with E-state index in [-0.39, 0.29) is 17.6 Å². The molecule has 1 heterocycles. The molecule has 0 fully saturated rings. The molecule has 0 N–H and O–H groups in total. The Bertz CT molecular complexity index is 364. The Morgan fingerprint density at radius 1 is 1.20 bits per heavy atom. The smallest absolute Gasteiger partial charge is 0.374 e. The number of carbonyl (C=O) groups excluding carboxylic acids is 2. The zero-order chi connectivity index (χ0) is 11.4. The molecular weight excluding hydrogens is 200 g/mol. The van der Waals surface area contributed by atoms with Gasteiger partial charge in [0.2, 0.25) is 11.5 Å². The van der Waals surface area contributed by atoms with E-state index in [1.807, 2.05) is 0 Å². The van der Waals surface area contributed by atoms with E-state index < -0.39 is 11.9 Å². The molecule has 82 valence electrons. The third kappa shape index (κ3) is 2.83. The first-order chi connectivity index (χ1) is 7.04. The van der Waals surface area contributed by atoms with Crippen molar-refractivity contribution in [2.75, 3.05) is 7.11 Å². The first kappa shape index (κ1) is 11.3. The average molecular weight is 212 g/mol. The molecule has 15 heavy (non-hydrogen) atoms. The summed E-state index contributed by atoms with van der Waals surface area (Å²) in [5, 5.41) is 0. The SMILES string of the molecule is COC(=O)c1ccc(C(=O)OC(C)C)o1. The Balaban J connectivity index is 2.75. The number of carbonyl (C=O) groups is 2. The van der Waals surface area contributed by atoms with Gasteiger partial charge in [-0.05, 0) is 26.0 Å². The molecular formula is C10H12O5. The summed E-state index contributed by atoms with van der Waals surface area (Å²) in [5.74, 6) is -1.25. The van der Waals surface area contributed by atoms with Gasteiger partial charge in [0.25, 0.3) is 0 Å². The molecule has 0 saturated heterocycles. The predicted octanol–water partition coefficient (Wildman–Crippen LogP) is 1.63. The summed E-state index contributed by atoms with van der Waals surface area (Å²) in [6, 6.07) is 2.74. The van der Waals surface area contributed by atoms with Crippen molar-refractivity contribution in [3.63, 3.8) is 0 Å². The Kier molecular flexibility index (Phi) is 3.49. The van der Waals surface area contributed by atoms with Gasteiger partial charge in [-0.3, -0.25) is 0 Å². The lowest BCUT2D eigenvalue weighted by Gasteiger charge is -2.04. The second-order valence-corrected chi connectivity index (χ2v) is 3.11. The average Bonchev–Trinajstić information content (AvgIpc) is 2.64. The summed E-state index contributed by atoms with van der Waals surface area (Å²) in [7, 11) is 1.23. The largest absolute Gasteiger partial charge is 0.463 e. The van der Waals surface area contributed by atoms with Crippen LogP contribution >= 0.6 is 0 Å². The van der Waals surface area contributed by atoms with Crippen molar-refractivity contribution in [3.8, 4) is 0 Å². The minimum Gasteiger partial charge on any atom is -0.463 e. The van der Waals surface area contributed by atoms with Crippen LogP contribution in [0.4, 0.5) is 0 Å². The van der Waals surface area contributed by atoms with Gasteiger partial charge in [-0.2, -0.15) is 0 Å². The fourth-order valence-corrected chi connectivity index (χ4v) is 0.930. The van der Waals surface area contributed by atoms with E-state index in [4.69, 9.17) is 9.15 Å². The van der Waals surface area contributed by atoms with Crippen LogP contribution in [0.2, 0.25) is 0 Å². The minimum atomic E-state index is -0.626. The second kappa shape index (κ2) is 4.63. The van der Waals surface area contributed by atoms with Gasteiger partial charge < -0.3 is 13.9 Å². The van der Waals surface area contributed by atoms with E-state index in [0.717, 1.165) is 0 Å². The summed E-state index contributed by atoms with van der Waals surface area (Å²) in [6.45, 7) is 3.45. The number of hydrogen-bond donors (Lipinski definition) is 0. The van der Waals surface area contributed by atoms with Crippen LogP contribution in [0.15, 0.2) is 16.5 Å². The molecule has 0 bridgehead atoms. The van der Waals surface area contributed by atoms with Crippen molar-refractivity contribution in [3.05, 3.63) is 23.7 Å². The van der Waals surface area contributed by atoms with Crippen LogP contribution in [0, 0.1) is 0 Å². The fourth-order valence-electron chi connectivity index (χ4n) is 0.930. The molecule has 1 rings (SSSR count). The minimum absolute atomic E-state index is 0.0101. The quantitative estimate of drug-likeness (QED) is 0.712. The van der Waals surface area contributed by atoms with E-state index in [0.29, 0.717) is 0 Å². The van der Waals surface area contributed by atoms with Gasteiger partial charge in [0.05, 0.1) is 13.2 Å². The molecule has 0 aliphatic carbocycles. The van der Waals surface area contributed by atoms with Crippen molar-refractivity contribution < 1.29 is 23.5 Å². The third-order valence-electron chi connectivity index (χ3n) is 1.54. The molecule has 1 aromatic heterocycles. The number of esters is 2. The van der Waals surface area contributed by atoms with Crippen molar-refractivity contribution in [1.29, 1.82) is 0 Å². The standard InChI is InChI=1S/C10H12O5/c1-6(2)14-10(12)8-5-4-7(15-8)9(11)13-3/h4-6H,1-3H3. The van der Waals surface area contributed by atoms with Gasteiger partial charge in [0.1, 0.15) is 0 Å². The van der Waals surface area contributed by atoms with Crippen LogP contribution in [0.3, 0.4) is 0 Å². The lowest BCUT2D eigenvalue weighted by Crippen LogP contribution is -2.10. The second-order valence-electron chi connectivity index (χ2n) is 3.11. The van der Waals surface area contributed by atoms with Crippen molar-refractivity contribution in [1.82, 2.24) is 0 Å². The Morgan fingerprint density at radius 3 is 2.20 bits per heavy atom. The number of furan rings is 1. The van der Waals surface area contributed by atoms with E-state index >= 15 is 0 Å². The highest BCUT2D eigenvalue weighted by molar-refractivity contribution is 5.90. The molecule has 0 spiro atoms. The molecule has 0 aromatic carbocycles. The Labute approximate surface area is 87.0 Å². The number of ether oxygens (including phenoxy) is 2. The monoisotopic (exact) mass is 212 g/mol. The lowest BCUT2D eigenvalue weighted by atomic mass is 10.4. The van der Waals surface area contributed by atoms with Gasteiger partial charge in [0.15, 0.2) is 0 Å². The summed E-state index contributed by atoms with van der Waals surface area (Å²) in [4.78, 5) is 22.3. The molecule has 0 amide bonds. The molecule has 0 saturated carbocycles. The molecule has 5 nitrogen and oxygen atoms in total. The maximum absolute atomic E-state index is 11.3. The van der Waals surface area contributed by atoms with Crippen LogP contribution < -0.4 is 0 Å². The van der Waals surface area contributed by atoms with Gasteiger partial charge in [-0.1, -0.05) is 0 Å². The van der Waals surface area contributed by atoms with Crippen LogP contribution in [-0.4, -0.2) is 25.2 Å². The highest BCUT2D eigenvalue weighted by Gasteiger charge is 2.17. The van der Waals surface area contributed by atoms with E-state index in [2.05, 4.69) is 4.74 Å². The first-order valence-electron chi connectivity index (χ1n) is 4.43. The lowest BCUT2D eigenvalue weighted by molar-refractivity contribution is 0.0336. The van der Waals surface area contributed by atoms with Crippen molar-refractivity contribution in [2.45, 2.75) is 20.0 Å². The summed E-state index contributed by atoms with van der Waals surface area (Å²) >= 11 is 0. The fraction of sp³-hybridized carbons (Fsp3) is 0.400. The Hall–Kier alpha value is -1.78. The summed E-state index contributed by atoms with van der Waals surface area (Å²) in [6.07, 6.45) is -0.232. The summed E-state index contributed by atoms with van der Waals surface area (Å²) in [5.41, 5.74) is 0. The number of rotatable bonds is 3. The van der Waals surface area contributed by atoms with Crippen LogP contribution in [0.1, 0.15) is 35.0 Å². The molecule has 0 aliphatic rings. The van der Waals surface area contributed by atoms with Crippen molar-refractivity contribution >= 4 is 11.9 Å². The molecule has 0 aliphatic heterocycles. The third-order valence-corrected chi connectivity index (χ3v) is 1.54. The normalized spacial score (nSPS) is 10.1. The maximum Gasteiger partial charge on any atom is 0.374 e. The predicted molar refractivity (Wildman–Crippen MR) is 50.6 cm³/mol. The molecule has 1 aromatic rings. The van der Waals surface area contributed by atoms with Gasteiger partial charge >= 0.3 is 11.9 Å². The molecule has 0 atom stereocenters. The van der Waals surface area contributed by atoms with Crippen molar-refractivity contribution in [2.24, 2.45) is 0 Å². The van der Waals surface area contributed by atoms with Crippen LogP contribution in [0.5, 0.6) is 0 Å². The van der Waals surface area contributed by atoms with Gasteiger partial charge in [0, 0.05) is 0 Å². The van der Waals surface area contributed by atoms with E-state index in [1.54, 1.807) is 13.8 Å². The van der Waals surface area contributed by atoms with Crippen LogP contribution in [-0.2, 0) is 9.47 Å². The van der Waals surface area contributed by atoms with E-state index in [9.17, 15) is 9.59 Å². The molecule has 0 unspecified atom stereocenters. The summed E-state index contributed by atoms with van der Waals surface area (Å²) < 4.78 is 14.3. The van der Waals surface area contributed by atoms with Gasteiger partial charge in [-0.15, -0.1) is 0 Å². The first-order valence-corrected chi connectivity index (χ1v) is 4.43. The maximum atomic E-state index is 11.3. The van der Waals surface area contributed by atoms with Crippen LogP contribution in [0.25, 0.3) is 0 Å². The highest BCUT2D eigenvalue weighted by Crippen LogP contribution is 2.11. The topological polar surface area (TPSA) is 65.7 Å². The number of hydrogen-bond acceptors (Lipinski definition) is 5. The van der Waals surface area contributed by atoms with E-state index in [1.165, 1.54) is 19.2 Å². The molecule has 5 heteroatoms. The van der Waals surface area contributed by atoms with Gasteiger partial charge in [-0.25, -0.2) is 9.59 Å². The Morgan fingerprint density at radius 2 is 1.73 bits per heavy atom.